The second-order valence-corrected chi connectivity index (χ2v) is 6.12. The quantitative estimate of drug-likeness (QED) is 0.843. The van der Waals surface area contributed by atoms with Crippen LogP contribution in [0.25, 0.3) is 0 Å². The predicted octanol–water partition coefficient (Wildman–Crippen LogP) is 4.01. The third kappa shape index (κ3) is 3.14. The number of carbonyl (C=O) groups excluding carboxylic acids is 1. The van der Waals surface area contributed by atoms with E-state index < -0.39 is 0 Å². The Morgan fingerprint density at radius 1 is 1.44 bits per heavy atom. The summed E-state index contributed by atoms with van der Waals surface area (Å²) in [6.07, 6.45) is 3.59. The van der Waals surface area contributed by atoms with Crippen LogP contribution in [0.1, 0.15) is 31.7 Å². The lowest BCUT2D eigenvalue weighted by molar-refractivity contribution is -0.125. The van der Waals surface area contributed by atoms with Crippen LogP contribution in [0.2, 0.25) is 0 Å². The number of methoxy groups -OCH3 is 1. The molecule has 3 heteroatoms. The SMILES string of the molecule is COc1ccc(Br)cc1CC1CC(C)CCC1=O. The maximum atomic E-state index is 12.0. The molecule has 0 aromatic heterocycles. The molecule has 2 atom stereocenters. The van der Waals surface area contributed by atoms with E-state index in [1.807, 2.05) is 12.1 Å². The molecule has 0 saturated heterocycles. The molecule has 0 spiro atoms. The van der Waals surface area contributed by atoms with E-state index in [0.29, 0.717) is 11.7 Å². The molecule has 2 unspecified atom stereocenters. The Morgan fingerprint density at radius 2 is 2.22 bits per heavy atom. The van der Waals surface area contributed by atoms with Gasteiger partial charge in [-0.05, 0) is 48.9 Å². The second-order valence-electron chi connectivity index (χ2n) is 5.20. The first-order chi connectivity index (χ1) is 8.60. The highest BCUT2D eigenvalue weighted by molar-refractivity contribution is 9.10. The van der Waals surface area contributed by atoms with E-state index in [4.69, 9.17) is 4.74 Å². The molecule has 98 valence electrons. The van der Waals surface area contributed by atoms with E-state index in [1.165, 1.54) is 0 Å². The zero-order valence-corrected chi connectivity index (χ0v) is 12.5. The summed E-state index contributed by atoms with van der Waals surface area (Å²) in [5.41, 5.74) is 1.12. The van der Waals surface area contributed by atoms with Crippen molar-refractivity contribution in [3.63, 3.8) is 0 Å². The van der Waals surface area contributed by atoms with Gasteiger partial charge < -0.3 is 4.74 Å². The van der Waals surface area contributed by atoms with Gasteiger partial charge in [0.1, 0.15) is 11.5 Å². The Bertz CT molecular complexity index is 442. The molecule has 2 nitrogen and oxygen atoms in total. The van der Waals surface area contributed by atoms with Crippen molar-refractivity contribution in [1.29, 1.82) is 0 Å². The Labute approximate surface area is 117 Å². The number of halogens is 1. The molecule has 1 aromatic carbocycles. The third-order valence-corrected chi connectivity index (χ3v) is 4.23. The van der Waals surface area contributed by atoms with E-state index in [1.54, 1.807) is 7.11 Å². The zero-order chi connectivity index (χ0) is 13.1. The van der Waals surface area contributed by atoms with Crippen molar-refractivity contribution < 1.29 is 9.53 Å². The summed E-state index contributed by atoms with van der Waals surface area (Å²) < 4.78 is 6.41. The molecular weight excluding hydrogens is 292 g/mol. The van der Waals surface area contributed by atoms with Crippen LogP contribution in [0.15, 0.2) is 22.7 Å². The lowest BCUT2D eigenvalue weighted by Crippen LogP contribution is -2.25. The molecule has 0 radical (unpaired) electrons. The summed E-state index contributed by atoms with van der Waals surface area (Å²) in [7, 11) is 1.68. The van der Waals surface area contributed by atoms with Crippen LogP contribution in [0, 0.1) is 11.8 Å². The number of hydrogen-bond donors (Lipinski definition) is 0. The number of ether oxygens (including phenoxy) is 1. The summed E-state index contributed by atoms with van der Waals surface area (Å²) in [4.78, 5) is 12.0. The van der Waals surface area contributed by atoms with Crippen molar-refractivity contribution in [3.8, 4) is 5.75 Å². The molecule has 1 aliphatic rings. The van der Waals surface area contributed by atoms with E-state index in [2.05, 4.69) is 28.9 Å². The van der Waals surface area contributed by atoms with Gasteiger partial charge in [0.25, 0.3) is 0 Å². The number of hydrogen-bond acceptors (Lipinski definition) is 2. The molecule has 0 N–H and O–H groups in total. The van der Waals surface area contributed by atoms with Crippen LogP contribution < -0.4 is 4.74 Å². The maximum absolute atomic E-state index is 12.0. The smallest absolute Gasteiger partial charge is 0.136 e. The first-order valence-electron chi connectivity index (χ1n) is 6.45. The largest absolute Gasteiger partial charge is 0.496 e. The van der Waals surface area contributed by atoms with Gasteiger partial charge in [0.2, 0.25) is 0 Å². The topological polar surface area (TPSA) is 26.3 Å². The van der Waals surface area contributed by atoms with E-state index in [-0.39, 0.29) is 5.92 Å². The highest BCUT2D eigenvalue weighted by Crippen LogP contribution is 2.32. The summed E-state index contributed by atoms with van der Waals surface area (Å²) in [5.74, 6) is 2.11. The number of rotatable bonds is 3. The van der Waals surface area contributed by atoms with Crippen LogP contribution in [0.5, 0.6) is 5.75 Å². The Morgan fingerprint density at radius 3 is 2.94 bits per heavy atom. The van der Waals surface area contributed by atoms with Gasteiger partial charge in [-0.1, -0.05) is 22.9 Å². The monoisotopic (exact) mass is 310 g/mol. The van der Waals surface area contributed by atoms with Crippen molar-refractivity contribution in [2.24, 2.45) is 11.8 Å². The lowest BCUT2D eigenvalue weighted by Gasteiger charge is -2.26. The maximum Gasteiger partial charge on any atom is 0.136 e. The Hall–Kier alpha value is -0.830. The van der Waals surface area contributed by atoms with Gasteiger partial charge >= 0.3 is 0 Å². The van der Waals surface area contributed by atoms with Gasteiger partial charge in [0.15, 0.2) is 0 Å². The number of benzene rings is 1. The van der Waals surface area contributed by atoms with Crippen LogP contribution in [0.3, 0.4) is 0 Å². The highest BCUT2D eigenvalue weighted by Gasteiger charge is 2.27. The Kier molecular flexibility index (Phi) is 4.44. The van der Waals surface area contributed by atoms with Gasteiger partial charge in [-0.15, -0.1) is 0 Å². The van der Waals surface area contributed by atoms with Gasteiger partial charge in [-0.25, -0.2) is 0 Å². The van der Waals surface area contributed by atoms with Gasteiger partial charge in [0, 0.05) is 16.8 Å². The zero-order valence-electron chi connectivity index (χ0n) is 10.9. The molecule has 0 bridgehead atoms. The first-order valence-corrected chi connectivity index (χ1v) is 7.24. The normalized spacial score (nSPS) is 24.1. The van der Waals surface area contributed by atoms with Crippen molar-refractivity contribution in [3.05, 3.63) is 28.2 Å². The molecule has 0 amide bonds. The highest BCUT2D eigenvalue weighted by atomic mass is 79.9. The molecule has 1 aliphatic carbocycles. The minimum atomic E-state index is 0.164. The Balaban J connectivity index is 2.17. The fourth-order valence-corrected chi connectivity index (χ4v) is 3.11. The van der Waals surface area contributed by atoms with Gasteiger partial charge in [-0.3, -0.25) is 4.79 Å². The third-order valence-electron chi connectivity index (χ3n) is 3.73. The number of carbonyl (C=O) groups is 1. The summed E-state index contributed by atoms with van der Waals surface area (Å²) in [6.45, 7) is 2.23. The summed E-state index contributed by atoms with van der Waals surface area (Å²) >= 11 is 3.48. The van der Waals surface area contributed by atoms with Crippen LogP contribution >= 0.6 is 15.9 Å². The lowest BCUT2D eigenvalue weighted by atomic mass is 9.78. The van der Waals surface area contributed by atoms with Crippen molar-refractivity contribution in [2.45, 2.75) is 32.6 Å². The average molecular weight is 311 g/mol. The molecule has 0 aliphatic heterocycles. The fourth-order valence-electron chi connectivity index (χ4n) is 2.70. The minimum absolute atomic E-state index is 0.164. The van der Waals surface area contributed by atoms with Gasteiger partial charge in [-0.2, -0.15) is 0 Å². The fraction of sp³-hybridized carbons (Fsp3) is 0.533. The number of Topliss-reactive ketones (excluding diaryl/α,β-unsaturated/α-hetero) is 1. The van der Waals surface area contributed by atoms with Crippen LogP contribution in [-0.4, -0.2) is 12.9 Å². The second kappa shape index (κ2) is 5.87. The molecule has 18 heavy (non-hydrogen) atoms. The van der Waals surface area contributed by atoms with Crippen LogP contribution in [-0.2, 0) is 11.2 Å². The average Bonchev–Trinajstić information content (AvgIpc) is 2.34. The van der Waals surface area contributed by atoms with Crippen LogP contribution in [0.4, 0.5) is 0 Å². The number of ketones is 1. The van der Waals surface area contributed by atoms with E-state index in [0.717, 1.165) is 41.5 Å². The molecule has 1 aromatic rings. The molecular formula is C15H19BrO2. The standard InChI is InChI=1S/C15H19BrO2/c1-10-3-5-14(17)11(7-10)8-12-9-13(16)4-6-15(12)18-2/h4,6,9-11H,3,5,7-8H2,1-2H3. The van der Waals surface area contributed by atoms with Crippen molar-refractivity contribution in [1.82, 2.24) is 0 Å². The van der Waals surface area contributed by atoms with E-state index >= 15 is 0 Å². The van der Waals surface area contributed by atoms with Gasteiger partial charge in [0.05, 0.1) is 7.11 Å². The molecule has 1 fully saturated rings. The minimum Gasteiger partial charge on any atom is -0.496 e. The van der Waals surface area contributed by atoms with Crippen molar-refractivity contribution in [2.75, 3.05) is 7.11 Å². The predicted molar refractivity (Wildman–Crippen MR) is 75.9 cm³/mol. The molecule has 2 rings (SSSR count). The molecule has 1 saturated carbocycles. The van der Waals surface area contributed by atoms with E-state index in [9.17, 15) is 4.79 Å². The molecule has 0 heterocycles. The summed E-state index contributed by atoms with van der Waals surface area (Å²) in [5, 5.41) is 0. The first kappa shape index (κ1) is 13.6. The summed E-state index contributed by atoms with van der Waals surface area (Å²) in [6, 6.07) is 5.98. The van der Waals surface area contributed by atoms with Crippen molar-refractivity contribution >= 4 is 21.7 Å².